The molecule has 0 spiro atoms. The Morgan fingerprint density at radius 3 is 2.95 bits per heavy atom. The summed E-state index contributed by atoms with van der Waals surface area (Å²) in [5, 5.41) is 14.7. The Morgan fingerprint density at radius 1 is 1.20 bits per heavy atom. The Bertz CT molecular complexity index is 511. The van der Waals surface area contributed by atoms with Gasteiger partial charge in [0.05, 0.1) is 0 Å². The lowest BCUT2D eigenvalue weighted by molar-refractivity contribution is 0.166. The molecule has 7 heteroatoms. The average Bonchev–Trinajstić information content (AvgIpc) is 3.07. The van der Waals surface area contributed by atoms with E-state index in [1.165, 1.54) is 0 Å². The number of nitrogens with zero attached hydrogens (tertiary/aromatic N) is 3. The Kier molecular flexibility index (Phi) is 2.87. The molecule has 7 nitrogen and oxygen atoms in total. The van der Waals surface area contributed by atoms with Crippen molar-refractivity contribution in [3.63, 3.8) is 0 Å². The van der Waals surface area contributed by atoms with Crippen molar-refractivity contribution in [2.75, 3.05) is 19.6 Å². The molecule has 3 atom stereocenters. The van der Waals surface area contributed by atoms with Crippen LogP contribution in [0.3, 0.4) is 0 Å². The maximum atomic E-state index is 11.9. The van der Waals surface area contributed by atoms with Crippen LogP contribution in [0, 0.1) is 0 Å². The number of carbonyl (C=O) groups is 1. The normalized spacial score (nSPS) is 33.3. The molecule has 20 heavy (non-hydrogen) atoms. The number of hydrogen-bond acceptors (Lipinski definition) is 5. The van der Waals surface area contributed by atoms with Gasteiger partial charge < -0.3 is 20.0 Å². The van der Waals surface area contributed by atoms with E-state index >= 15 is 0 Å². The van der Waals surface area contributed by atoms with E-state index in [2.05, 4.69) is 20.8 Å². The topological polar surface area (TPSA) is 83.3 Å². The van der Waals surface area contributed by atoms with Crippen molar-refractivity contribution in [1.82, 2.24) is 25.7 Å². The average molecular weight is 277 g/mol. The summed E-state index contributed by atoms with van der Waals surface area (Å²) in [6.45, 7) is 2.72. The molecule has 108 valence electrons. The molecule has 3 saturated heterocycles. The molecule has 2 bridgehead atoms. The molecule has 2 unspecified atom stereocenters. The van der Waals surface area contributed by atoms with Gasteiger partial charge in [0.25, 0.3) is 0 Å². The van der Waals surface area contributed by atoms with E-state index in [1.807, 2.05) is 4.90 Å². The van der Waals surface area contributed by atoms with Crippen molar-refractivity contribution in [1.29, 1.82) is 0 Å². The van der Waals surface area contributed by atoms with E-state index in [9.17, 15) is 4.79 Å². The molecule has 0 radical (unpaired) electrons. The smallest absolute Gasteiger partial charge is 0.318 e. The molecule has 2 N–H and O–H groups in total. The lowest BCUT2D eigenvalue weighted by Crippen LogP contribution is -2.34. The highest BCUT2D eigenvalue weighted by molar-refractivity contribution is 5.77. The van der Waals surface area contributed by atoms with Gasteiger partial charge in [0.2, 0.25) is 11.8 Å². The fraction of sp³-hybridized carbons (Fsp3) is 0.769. The van der Waals surface area contributed by atoms with Crippen LogP contribution in [-0.4, -0.2) is 46.8 Å². The number of amides is 2. The van der Waals surface area contributed by atoms with Gasteiger partial charge in [0, 0.05) is 25.0 Å². The number of urea groups is 1. The third-order valence-corrected chi connectivity index (χ3v) is 4.56. The molecule has 4 heterocycles. The fourth-order valence-corrected chi connectivity index (χ4v) is 3.44. The van der Waals surface area contributed by atoms with Gasteiger partial charge in [0.15, 0.2) is 0 Å². The Morgan fingerprint density at radius 2 is 2.10 bits per heavy atom. The van der Waals surface area contributed by atoms with Crippen LogP contribution in [0.2, 0.25) is 0 Å². The lowest BCUT2D eigenvalue weighted by atomic mass is 10.00. The lowest BCUT2D eigenvalue weighted by Gasteiger charge is -2.27. The van der Waals surface area contributed by atoms with Gasteiger partial charge >= 0.3 is 6.03 Å². The van der Waals surface area contributed by atoms with Gasteiger partial charge in [-0.25, -0.2) is 4.79 Å². The zero-order valence-electron chi connectivity index (χ0n) is 11.3. The Hall–Kier alpha value is -1.63. The van der Waals surface area contributed by atoms with Crippen molar-refractivity contribution < 1.29 is 9.21 Å². The second kappa shape index (κ2) is 4.73. The van der Waals surface area contributed by atoms with E-state index in [-0.39, 0.29) is 12.1 Å². The fourth-order valence-electron chi connectivity index (χ4n) is 3.44. The van der Waals surface area contributed by atoms with Gasteiger partial charge in [-0.05, 0) is 32.2 Å². The standard InChI is InChI=1S/C13H19N5O2/c19-13-15-9-3-4-10(18(13)7-9)12-17-16-11(20-12)8-2-1-5-14-6-8/h8-10,14H,1-7H2,(H,15,19)/t8-,9?,10?/m1/s1. The molecule has 3 fully saturated rings. The Balaban J connectivity index is 1.54. The zero-order valence-corrected chi connectivity index (χ0v) is 11.3. The van der Waals surface area contributed by atoms with Crippen LogP contribution in [-0.2, 0) is 0 Å². The van der Waals surface area contributed by atoms with Crippen molar-refractivity contribution in [3.05, 3.63) is 11.8 Å². The summed E-state index contributed by atoms with van der Waals surface area (Å²) in [4.78, 5) is 13.7. The quantitative estimate of drug-likeness (QED) is 0.834. The van der Waals surface area contributed by atoms with Crippen LogP contribution in [0.1, 0.15) is 49.4 Å². The molecule has 1 aromatic rings. The maximum absolute atomic E-state index is 11.9. The van der Waals surface area contributed by atoms with Crippen LogP contribution < -0.4 is 10.6 Å². The van der Waals surface area contributed by atoms with E-state index < -0.39 is 0 Å². The minimum Gasteiger partial charge on any atom is -0.423 e. The largest absolute Gasteiger partial charge is 0.423 e. The first kappa shape index (κ1) is 12.1. The number of carbonyl (C=O) groups excluding carboxylic acids is 1. The van der Waals surface area contributed by atoms with Crippen molar-refractivity contribution in [2.24, 2.45) is 0 Å². The van der Waals surface area contributed by atoms with Crippen LogP contribution in [0.4, 0.5) is 4.79 Å². The van der Waals surface area contributed by atoms with Crippen LogP contribution >= 0.6 is 0 Å². The minimum atomic E-state index is -0.0495. The molecular weight excluding hydrogens is 258 g/mol. The Labute approximate surface area is 117 Å². The van der Waals surface area contributed by atoms with Crippen molar-refractivity contribution in [3.8, 4) is 0 Å². The van der Waals surface area contributed by atoms with Crippen LogP contribution in [0.25, 0.3) is 0 Å². The molecule has 0 aliphatic carbocycles. The second-order valence-corrected chi connectivity index (χ2v) is 5.91. The van der Waals surface area contributed by atoms with E-state index in [0.29, 0.717) is 23.7 Å². The summed E-state index contributed by atoms with van der Waals surface area (Å²) in [7, 11) is 0. The summed E-state index contributed by atoms with van der Waals surface area (Å²) in [5.41, 5.74) is 0. The maximum Gasteiger partial charge on any atom is 0.318 e. The van der Waals surface area contributed by atoms with Crippen molar-refractivity contribution >= 4 is 6.03 Å². The monoisotopic (exact) mass is 277 g/mol. The first-order valence-corrected chi connectivity index (χ1v) is 7.42. The number of rotatable bonds is 2. The van der Waals surface area contributed by atoms with Crippen molar-refractivity contribution in [2.45, 2.75) is 43.7 Å². The summed E-state index contributed by atoms with van der Waals surface area (Å²) in [6, 6.07) is 0.242. The molecule has 3 aliphatic rings. The van der Waals surface area contributed by atoms with Crippen LogP contribution in [0.15, 0.2) is 4.42 Å². The van der Waals surface area contributed by atoms with Gasteiger partial charge in [-0.3, -0.25) is 0 Å². The highest BCUT2D eigenvalue weighted by Crippen LogP contribution is 2.34. The molecule has 0 saturated carbocycles. The van der Waals surface area contributed by atoms with Gasteiger partial charge in [0.1, 0.15) is 6.04 Å². The van der Waals surface area contributed by atoms with Gasteiger partial charge in [-0.15, -0.1) is 10.2 Å². The number of aromatic nitrogens is 2. The molecule has 0 aromatic carbocycles. The van der Waals surface area contributed by atoms with Gasteiger partial charge in [-0.2, -0.15) is 0 Å². The number of hydrogen-bond donors (Lipinski definition) is 2. The van der Waals surface area contributed by atoms with E-state index in [0.717, 1.165) is 45.3 Å². The molecule has 1 aromatic heterocycles. The first-order chi connectivity index (χ1) is 9.81. The predicted octanol–water partition coefficient (Wildman–Crippen LogP) is 0.765. The number of fused-ring (bicyclic) bond motifs is 2. The predicted molar refractivity (Wildman–Crippen MR) is 70.1 cm³/mol. The second-order valence-electron chi connectivity index (χ2n) is 5.91. The first-order valence-electron chi connectivity index (χ1n) is 7.42. The van der Waals surface area contributed by atoms with E-state index in [1.54, 1.807) is 0 Å². The molecule has 2 amide bonds. The highest BCUT2D eigenvalue weighted by Gasteiger charge is 2.41. The van der Waals surface area contributed by atoms with Gasteiger partial charge in [-0.1, -0.05) is 0 Å². The third kappa shape index (κ3) is 1.96. The van der Waals surface area contributed by atoms with E-state index in [4.69, 9.17) is 4.42 Å². The number of nitrogens with one attached hydrogen (secondary N) is 2. The minimum absolute atomic E-state index is 0.00316. The molecule has 3 aliphatic heterocycles. The molecule has 4 rings (SSSR count). The summed E-state index contributed by atoms with van der Waals surface area (Å²) in [6.07, 6.45) is 4.11. The summed E-state index contributed by atoms with van der Waals surface area (Å²) < 4.78 is 5.88. The number of piperidine rings is 2. The summed E-state index contributed by atoms with van der Waals surface area (Å²) in [5.74, 6) is 1.63. The zero-order chi connectivity index (χ0) is 13.5. The van der Waals surface area contributed by atoms with Crippen LogP contribution in [0.5, 0.6) is 0 Å². The highest BCUT2D eigenvalue weighted by atomic mass is 16.4. The SMILES string of the molecule is O=C1NC2CCC(c3nnc([C@@H]4CCCNC4)o3)N1C2. The third-order valence-electron chi connectivity index (χ3n) is 4.56. The summed E-state index contributed by atoms with van der Waals surface area (Å²) >= 11 is 0. The molecular formula is C13H19N5O2.